The van der Waals surface area contributed by atoms with Crippen LogP contribution in [0.25, 0.3) is 0 Å². The van der Waals surface area contributed by atoms with Gasteiger partial charge in [0.1, 0.15) is 36.3 Å². The lowest BCUT2D eigenvalue weighted by Gasteiger charge is -2.07. The van der Waals surface area contributed by atoms with Gasteiger partial charge in [0.25, 0.3) is 0 Å². The van der Waals surface area contributed by atoms with Gasteiger partial charge in [0, 0.05) is 43.0 Å². The number of hydrogen-bond donors (Lipinski definition) is 16. The molecule has 2 heterocycles. The van der Waals surface area contributed by atoms with Gasteiger partial charge >= 0.3 is 35.8 Å². The first kappa shape index (κ1) is 60.1. The SMILES string of the molecule is CC(C)C[C@H](N)C(=O)O.CC(C)[C@H](N)C(=O)O.NC(=O)CC[C@H](N)C(=O)O.NCCCC[C@H](N)C(=O)O.N[C@@H](Cc1cnc[nH]1)C(=O)O.N[C@@H](Cc1cnc[nH]1)C(=O)O. The van der Waals surface area contributed by atoms with Crippen molar-refractivity contribution in [2.24, 2.45) is 57.7 Å². The zero-order valence-electron chi connectivity index (χ0n) is 33.8. The molecule has 0 bridgehead atoms. The maximum absolute atomic E-state index is 10.3. The number of nitrogens with one attached hydrogen (secondary N) is 2. The van der Waals surface area contributed by atoms with Crippen molar-refractivity contribution in [2.45, 2.75) is 115 Å². The molecule has 0 aliphatic carbocycles. The molecule has 0 saturated carbocycles. The third-order valence-electron chi connectivity index (χ3n) is 6.98. The van der Waals surface area contributed by atoms with E-state index in [0.717, 1.165) is 24.2 Å². The number of nitrogens with two attached hydrogens (primary N) is 8. The number of nitrogens with zero attached hydrogens (tertiary/aromatic N) is 2. The number of aromatic amines is 2. The van der Waals surface area contributed by atoms with Gasteiger partial charge in [-0.05, 0) is 44.1 Å². The molecule has 24 N–H and O–H groups in total. The normalized spacial score (nSPS) is 13.1. The summed E-state index contributed by atoms with van der Waals surface area (Å²) in [5.74, 6) is -6.04. The summed E-state index contributed by atoms with van der Waals surface area (Å²) in [5.41, 5.74) is 42.6. The number of carbonyl (C=O) groups excluding carboxylic acids is 1. The van der Waals surface area contributed by atoms with E-state index in [9.17, 15) is 33.6 Å². The summed E-state index contributed by atoms with van der Waals surface area (Å²) < 4.78 is 0. The molecule has 6 atom stereocenters. The summed E-state index contributed by atoms with van der Waals surface area (Å²) in [5, 5.41) is 49.9. The quantitative estimate of drug-likeness (QED) is 0.0608. The Bertz CT molecular complexity index is 1390. The highest BCUT2D eigenvalue weighted by atomic mass is 16.4. The number of imidazole rings is 2. The number of rotatable bonds is 20. The van der Waals surface area contributed by atoms with E-state index in [1.165, 1.54) is 12.7 Å². The Morgan fingerprint density at radius 3 is 1.17 bits per heavy atom. The minimum absolute atomic E-state index is 0.0208. The number of aromatic nitrogens is 4. The molecule has 0 saturated heterocycles. The van der Waals surface area contributed by atoms with Crippen molar-refractivity contribution in [3.05, 3.63) is 36.4 Å². The Kier molecular flexibility index (Phi) is 36.3. The van der Waals surface area contributed by atoms with E-state index in [4.69, 9.17) is 76.5 Å². The molecule has 59 heavy (non-hydrogen) atoms. The third kappa shape index (κ3) is 39.1. The van der Waals surface area contributed by atoms with Gasteiger partial charge in [0.2, 0.25) is 5.91 Å². The molecule has 1 amide bonds. The van der Waals surface area contributed by atoms with Gasteiger partial charge in [-0.2, -0.15) is 0 Å². The second kappa shape index (κ2) is 35.6. The predicted octanol–water partition coefficient (Wildman–Crippen LogP) is -2.58. The van der Waals surface area contributed by atoms with Gasteiger partial charge in [-0.25, -0.2) is 9.97 Å². The molecule has 0 radical (unpaired) electrons. The number of hydrogen-bond acceptors (Lipinski definition) is 16. The first-order valence-electron chi connectivity index (χ1n) is 18.0. The van der Waals surface area contributed by atoms with E-state index >= 15 is 0 Å². The fraction of sp³-hybridized carbons (Fsp3) is 0.618. The van der Waals surface area contributed by atoms with Crippen molar-refractivity contribution >= 4 is 41.7 Å². The molecule has 25 heteroatoms. The number of amides is 1. The van der Waals surface area contributed by atoms with E-state index in [1.54, 1.807) is 26.2 Å². The maximum Gasteiger partial charge on any atom is 0.320 e. The number of unbranched alkanes of at least 4 members (excludes halogenated alkanes) is 1. The van der Waals surface area contributed by atoms with Gasteiger partial charge in [-0.15, -0.1) is 0 Å². The van der Waals surface area contributed by atoms with E-state index in [0.29, 0.717) is 25.3 Å². The number of H-pyrrole nitrogens is 2. The molecule has 0 fully saturated rings. The lowest BCUT2D eigenvalue weighted by atomic mass is 10.1. The largest absolute Gasteiger partial charge is 0.480 e. The lowest BCUT2D eigenvalue weighted by Crippen LogP contribution is -2.34. The smallest absolute Gasteiger partial charge is 0.320 e. The Balaban J connectivity index is -0.000000309. The Labute approximate surface area is 341 Å². The molecule has 0 aliphatic rings. The molecule has 0 spiro atoms. The van der Waals surface area contributed by atoms with Crippen LogP contribution < -0.4 is 45.9 Å². The van der Waals surface area contributed by atoms with E-state index in [2.05, 4.69) is 19.9 Å². The van der Waals surface area contributed by atoms with E-state index < -0.39 is 78.0 Å². The number of carboxylic acid groups (broad SMARTS) is 6. The van der Waals surface area contributed by atoms with Crippen molar-refractivity contribution in [2.75, 3.05) is 6.54 Å². The fourth-order valence-corrected chi connectivity index (χ4v) is 3.39. The van der Waals surface area contributed by atoms with Crippen molar-refractivity contribution < 1.29 is 64.2 Å². The first-order valence-corrected chi connectivity index (χ1v) is 18.0. The van der Waals surface area contributed by atoms with Gasteiger partial charge in [0.15, 0.2) is 0 Å². The molecule has 0 aliphatic heterocycles. The Hall–Kier alpha value is -5.57. The zero-order valence-corrected chi connectivity index (χ0v) is 33.8. The van der Waals surface area contributed by atoms with Crippen LogP contribution in [0.1, 0.15) is 77.6 Å². The average Bonchev–Trinajstić information content (AvgIpc) is 3.86. The topological polar surface area (TPSA) is 506 Å². The lowest BCUT2D eigenvalue weighted by molar-refractivity contribution is -0.140. The summed E-state index contributed by atoms with van der Waals surface area (Å²) in [4.78, 5) is 83.9. The van der Waals surface area contributed by atoms with Gasteiger partial charge in [0.05, 0.1) is 12.7 Å². The standard InChI is InChI=1S/2C6H9N3O2.C6H14N2O2.C6H13NO2.C5H10N2O3.C5H11NO2/c2*7-5(6(10)11)1-4-2-8-3-9-4;7-4-2-1-3-5(8)6(9)10;1-4(2)3-5(7)6(8)9;6-3(5(9)10)1-2-4(7)8;1-3(2)4(6)5(7)8/h2*2-3,5H,1,7H2,(H,8,9)(H,10,11);5H,1-4,7-8H2,(H,9,10);4-5H,3,7H2,1-2H3,(H,8,9);3H,1-2,6H2,(H2,7,8)(H,9,10);3-4H,6H2,1-2H3,(H,7,8)/t4*5-;3-;4-/m000000/s1. The first-order chi connectivity index (χ1) is 27.2. The molecule has 2 rings (SSSR count). The van der Waals surface area contributed by atoms with Crippen LogP contribution in [-0.4, -0.2) is 135 Å². The highest BCUT2D eigenvalue weighted by Gasteiger charge is 2.15. The van der Waals surface area contributed by atoms with Crippen LogP contribution in [0.4, 0.5) is 0 Å². The van der Waals surface area contributed by atoms with E-state index in [-0.39, 0.29) is 31.6 Å². The van der Waals surface area contributed by atoms with Gasteiger partial charge in [-0.3, -0.25) is 33.6 Å². The summed E-state index contributed by atoms with van der Waals surface area (Å²) in [7, 11) is 0. The molecule has 0 unspecified atom stereocenters. The highest BCUT2D eigenvalue weighted by Crippen LogP contribution is 2.02. The van der Waals surface area contributed by atoms with Crippen LogP contribution in [0.2, 0.25) is 0 Å². The van der Waals surface area contributed by atoms with Crippen molar-refractivity contribution in [3.8, 4) is 0 Å². The van der Waals surface area contributed by atoms with E-state index in [1.807, 2.05) is 13.8 Å². The predicted molar refractivity (Wildman–Crippen MR) is 214 cm³/mol. The number of carboxylic acids is 6. The van der Waals surface area contributed by atoms with Gasteiger partial charge in [-0.1, -0.05) is 34.1 Å². The monoisotopic (exact) mass is 850 g/mol. The maximum atomic E-state index is 10.3. The molecular formula is C34H66N12O13. The number of aliphatic carboxylic acids is 6. The number of carbonyl (C=O) groups is 7. The minimum Gasteiger partial charge on any atom is -0.480 e. The summed E-state index contributed by atoms with van der Waals surface area (Å²) in [6, 6.07) is -4.80. The minimum atomic E-state index is -1.11. The number of primary amides is 1. The Morgan fingerprint density at radius 2 is 0.949 bits per heavy atom. The molecule has 25 nitrogen and oxygen atoms in total. The van der Waals surface area contributed by atoms with Gasteiger partial charge < -0.3 is 86.5 Å². The highest BCUT2D eigenvalue weighted by molar-refractivity contribution is 5.77. The second-order valence-electron chi connectivity index (χ2n) is 13.3. The van der Waals surface area contributed by atoms with Crippen molar-refractivity contribution in [3.63, 3.8) is 0 Å². The van der Waals surface area contributed by atoms with Crippen LogP contribution >= 0.6 is 0 Å². The van der Waals surface area contributed by atoms with Crippen LogP contribution in [-0.2, 0) is 46.4 Å². The summed E-state index contributed by atoms with van der Waals surface area (Å²) >= 11 is 0. The van der Waals surface area contributed by atoms with Crippen LogP contribution in [0, 0.1) is 11.8 Å². The van der Waals surface area contributed by atoms with Crippen molar-refractivity contribution in [1.29, 1.82) is 0 Å². The fourth-order valence-electron chi connectivity index (χ4n) is 3.39. The average molecular weight is 851 g/mol. The van der Waals surface area contributed by atoms with Crippen molar-refractivity contribution in [1.82, 2.24) is 19.9 Å². The second-order valence-corrected chi connectivity index (χ2v) is 13.3. The van der Waals surface area contributed by atoms with Crippen LogP contribution in [0.5, 0.6) is 0 Å². The molecule has 340 valence electrons. The summed E-state index contributed by atoms with van der Waals surface area (Å²) in [6.45, 7) is 8.05. The van der Waals surface area contributed by atoms with Crippen LogP contribution in [0.15, 0.2) is 25.0 Å². The molecule has 2 aromatic heterocycles. The third-order valence-corrected chi connectivity index (χ3v) is 6.98. The zero-order chi connectivity index (χ0) is 46.8. The Morgan fingerprint density at radius 1 is 0.576 bits per heavy atom. The molecular weight excluding hydrogens is 784 g/mol. The van der Waals surface area contributed by atoms with Crippen LogP contribution in [0.3, 0.4) is 0 Å². The molecule has 0 aromatic carbocycles. The molecule has 2 aromatic rings. The summed E-state index contributed by atoms with van der Waals surface area (Å²) in [6.07, 6.45) is 9.51.